The first-order valence-electron chi connectivity index (χ1n) is 7.70. The van der Waals surface area contributed by atoms with Crippen LogP contribution in [0.5, 0.6) is 17.2 Å². The third kappa shape index (κ3) is 3.76. The molecular weight excluding hydrogens is 313 g/mol. The van der Waals surface area contributed by atoms with Gasteiger partial charge in [-0.1, -0.05) is 18.2 Å². The summed E-state index contributed by atoms with van der Waals surface area (Å²) in [6.45, 7) is 2.64. The SMILES string of the molecule is CC(NC(=O)COc1ccccc1F)c1ccc2c(c1)OCCO2. The number of carbonyl (C=O) groups excluding carboxylic acids is 1. The number of halogens is 1. The molecule has 1 atom stereocenters. The fourth-order valence-electron chi connectivity index (χ4n) is 2.40. The molecule has 6 heteroatoms. The van der Waals surface area contributed by atoms with Gasteiger partial charge in [0.15, 0.2) is 29.7 Å². The van der Waals surface area contributed by atoms with Gasteiger partial charge in [0.05, 0.1) is 6.04 Å². The zero-order chi connectivity index (χ0) is 16.9. The van der Waals surface area contributed by atoms with Crippen LogP contribution in [-0.4, -0.2) is 25.7 Å². The average Bonchev–Trinajstić information content (AvgIpc) is 2.60. The number of nitrogens with one attached hydrogen (secondary N) is 1. The minimum absolute atomic E-state index is 0.0552. The molecule has 0 aromatic heterocycles. The molecule has 0 radical (unpaired) electrons. The second-order valence-electron chi connectivity index (χ2n) is 5.41. The van der Waals surface area contributed by atoms with Gasteiger partial charge in [0.1, 0.15) is 13.2 Å². The van der Waals surface area contributed by atoms with Crippen molar-refractivity contribution in [3.63, 3.8) is 0 Å². The molecule has 1 aliphatic rings. The molecule has 24 heavy (non-hydrogen) atoms. The second kappa shape index (κ2) is 7.21. The molecule has 1 aliphatic heterocycles. The third-order valence-electron chi connectivity index (χ3n) is 3.64. The summed E-state index contributed by atoms with van der Waals surface area (Å²) in [6, 6.07) is 11.3. The molecule has 1 amide bonds. The molecule has 1 unspecified atom stereocenters. The zero-order valence-electron chi connectivity index (χ0n) is 13.3. The van der Waals surface area contributed by atoms with E-state index >= 15 is 0 Å². The molecular formula is C18H18FNO4. The van der Waals surface area contributed by atoms with Gasteiger partial charge in [0.25, 0.3) is 5.91 Å². The van der Waals surface area contributed by atoms with Gasteiger partial charge in [-0.25, -0.2) is 4.39 Å². The van der Waals surface area contributed by atoms with Crippen LogP contribution in [0.1, 0.15) is 18.5 Å². The lowest BCUT2D eigenvalue weighted by atomic mass is 10.1. The number of benzene rings is 2. The van der Waals surface area contributed by atoms with Crippen molar-refractivity contribution in [3.05, 3.63) is 53.8 Å². The quantitative estimate of drug-likeness (QED) is 0.915. The van der Waals surface area contributed by atoms with Gasteiger partial charge in [-0.15, -0.1) is 0 Å². The van der Waals surface area contributed by atoms with Crippen molar-refractivity contribution >= 4 is 5.91 Å². The van der Waals surface area contributed by atoms with Gasteiger partial charge in [0.2, 0.25) is 0 Å². The Bertz CT molecular complexity index is 735. The van der Waals surface area contributed by atoms with Gasteiger partial charge < -0.3 is 19.5 Å². The van der Waals surface area contributed by atoms with E-state index in [-0.39, 0.29) is 24.3 Å². The molecule has 1 heterocycles. The van der Waals surface area contributed by atoms with Crippen molar-refractivity contribution in [2.75, 3.05) is 19.8 Å². The molecule has 2 aromatic carbocycles. The average molecular weight is 331 g/mol. The maximum absolute atomic E-state index is 13.4. The Morgan fingerprint density at radius 2 is 1.96 bits per heavy atom. The van der Waals surface area contributed by atoms with Gasteiger partial charge in [-0.2, -0.15) is 0 Å². The molecule has 0 spiro atoms. The van der Waals surface area contributed by atoms with Crippen LogP contribution in [0.25, 0.3) is 0 Å². The number of hydrogen-bond donors (Lipinski definition) is 1. The fourth-order valence-corrected chi connectivity index (χ4v) is 2.40. The van der Waals surface area contributed by atoms with Crippen LogP contribution in [0, 0.1) is 5.82 Å². The summed E-state index contributed by atoms with van der Waals surface area (Å²) in [4.78, 5) is 12.0. The van der Waals surface area contributed by atoms with E-state index in [0.717, 1.165) is 5.56 Å². The minimum Gasteiger partial charge on any atom is -0.486 e. The summed E-state index contributed by atoms with van der Waals surface area (Å²) in [6.07, 6.45) is 0. The van der Waals surface area contributed by atoms with E-state index in [9.17, 15) is 9.18 Å². The molecule has 126 valence electrons. The van der Waals surface area contributed by atoms with Crippen LogP contribution >= 0.6 is 0 Å². The molecule has 0 aliphatic carbocycles. The minimum atomic E-state index is -0.495. The van der Waals surface area contributed by atoms with Crippen molar-refractivity contribution in [2.24, 2.45) is 0 Å². The Morgan fingerprint density at radius 3 is 2.75 bits per heavy atom. The van der Waals surface area contributed by atoms with Crippen molar-refractivity contribution in [1.29, 1.82) is 0 Å². The van der Waals surface area contributed by atoms with Crippen LogP contribution in [0.3, 0.4) is 0 Å². The number of amides is 1. The first-order valence-corrected chi connectivity index (χ1v) is 7.70. The molecule has 0 fully saturated rings. The number of carbonyl (C=O) groups is 1. The Kier molecular flexibility index (Phi) is 4.84. The van der Waals surface area contributed by atoms with E-state index in [1.54, 1.807) is 12.1 Å². The van der Waals surface area contributed by atoms with E-state index in [1.165, 1.54) is 12.1 Å². The summed E-state index contributed by atoms with van der Waals surface area (Å²) in [5.41, 5.74) is 0.887. The standard InChI is InChI=1S/C18H18FNO4/c1-12(13-6-7-16-17(10-13)23-9-8-22-16)20-18(21)11-24-15-5-3-2-4-14(15)19/h2-7,10,12H,8-9,11H2,1H3,(H,20,21). The normalized spacial score (nSPS) is 13.9. The van der Waals surface area contributed by atoms with Gasteiger partial charge in [-0.3, -0.25) is 4.79 Å². The van der Waals surface area contributed by atoms with Crippen LogP contribution in [-0.2, 0) is 4.79 Å². The summed E-state index contributed by atoms with van der Waals surface area (Å²) in [5, 5.41) is 2.81. The predicted octanol–water partition coefficient (Wildman–Crippen LogP) is 2.85. The van der Waals surface area contributed by atoms with E-state index in [4.69, 9.17) is 14.2 Å². The molecule has 1 N–H and O–H groups in total. The number of para-hydroxylation sites is 1. The highest BCUT2D eigenvalue weighted by Crippen LogP contribution is 2.32. The van der Waals surface area contributed by atoms with Crippen molar-refractivity contribution in [1.82, 2.24) is 5.32 Å². The molecule has 0 saturated heterocycles. The van der Waals surface area contributed by atoms with E-state index in [2.05, 4.69) is 5.32 Å². The Hall–Kier alpha value is -2.76. The second-order valence-corrected chi connectivity index (χ2v) is 5.41. The third-order valence-corrected chi connectivity index (χ3v) is 3.64. The van der Waals surface area contributed by atoms with Crippen LogP contribution in [0.2, 0.25) is 0 Å². The highest BCUT2D eigenvalue weighted by molar-refractivity contribution is 5.78. The molecule has 3 rings (SSSR count). The van der Waals surface area contributed by atoms with Gasteiger partial charge >= 0.3 is 0 Å². The molecule has 2 aromatic rings. The first kappa shape index (κ1) is 16.1. The summed E-state index contributed by atoms with van der Waals surface area (Å²) in [5.74, 6) is 0.597. The molecule has 0 bridgehead atoms. The summed E-state index contributed by atoms with van der Waals surface area (Å²) in [7, 11) is 0. The zero-order valence-corrected chi connectivity index (χ0v) is 13.3. The lowest BCUT2D eigenvalue weighted by Gasteiger charge is -2.21. The van der Waals surface area contributed by atoms with Crippen LogP contribution < -0.4 is 19.5 Å². The maximum Gasteiger partial charge on any atom is 0.258 e. The Balaban J connectivity index is 1.57. The smallest absolute Gasteiger partial charge is 0.258 e. The van der Waals surface area contributed by atoms with Gasteiger partial charge in [0, 0.05) is 0 Å². The van der Waals surface area contributed by atoms with Crippen molar-refractivity contribution in [2.45, 2.75) is 13.0 Å². The number of fused-ring (bicyclic) bond motifs is 1. The van der Waals surface area contributed by atoms with E-state index < -0.39 is 5.82 Å². The van der Waals surface area contributed by atoms with Gasteiger partial charge in [-0.05, 0) is 36.8 Å². The predicted molar refractivity (Wildman–Crippen MR) is 85.9 cm³/mol. The van der Waals surface area contributed by atoms with Crippen molar-refractivity contribution < 1.29 is 23.4 Å². The lowest BCUT2D eigenvalue weighted by Crippen LogP contribution is -2.31. The fraction of sp³-hybridized carbons (Fsp3) is 0.278. The topological polar surface area (TPSA) is 56.8 Å². The number of rotatable bonds is 5. The van der Waals surface area contributed by atoms with Crippen LogP contribution in [0.4, 0.5) is 4.39 Å². The van der Waals surface area contributed by atoms with E-state index in [1.807, 2.05) is 25.1 Å². The summed E-state index contributed by atoms with van der Waals surface area (Å²) >= 11 is 0. The summed E-state index contributed by atoms with van der Waals surface area (Å²) < 4.78 is 29.6. The Morgan fingerprint density at radius 1 is 1.21 bits per heavy atom. The van der Waals surface area contributed by atoms with Crippen LogP contribution in [0.15, 0.2) is 42.5 Å². The highest BCUT2D eigenvalue weighted by atomic mass is 19.1. The maximum atomic E-state index is 13.4. The molecule has 5 nitrogen and oxygen atoms in total. The largest absolute Gasteiger partial charge is 0.486 e. The highest BCUT2D eigenvalue weighted by Gasteiger charge is 2.16. The van der Waals surface area contributed by atoms with Crippen molar-refractivity contribution in [3.8, 4) is 17.2 Å². The number of ether oxygens (including phenoxy) is 3. The Labute approximate surface area is 139 Å². The first-order chi connectivity index (χ1) is 11.6. The van der Waals surface area contributed by atoms with E-state index in [0.29, 0.717) is 24.7 Å². The molecule has 0 saturated carbocycles. The lowest BCUT2D eigenvalue weighted by molar-refractivity contribution is -0.123. The monoisotopic (exact) mass is 331 g/mol. The number of hydrogen-bond acceptors (Lipinski definition) is 4.